The molecule has 0 radical (unpaired) electrons. The molecule has 0 bridgehead atoms. The van der Waals surface area contributed by atoms with Gasteiger partial charge in [-0.05, 0) is 67.2 Å². The van der Waals surface area contributed by atoms with Crippen LogP contribution in [0.25, 0.3) is 0 Å². The van der Waals surface area contributed by atoms with Crippen molar-refractivity contribution in [2.75, 3.05) is 12.4 Å². The SMILES string of the molecule is COC(=O)c1cccc(C(=O)NC(=S)Nc2ccc(C(=O)NC(C)c3ccccc3)cc2)c1. The van der Waals surface area contributed by atoms with E-state index in [0.717, 1.165) is 5.56 Å². The van der Waals surface area contributed by atoms with Gasteiger partial charge in [-0.3, -0.25) is 14.9 Å². The molecule has 168 valence electrons. The molecular weight excluding hydrogens is 438 g/mol. The van der Waals surface area contributed by atoms with Gasteiger partial charge in [0.15, 0.2) is 5.11 Å². The summed E-state index contributed by atoms with van der Waals surface area (Å²) < 4.78 is 4.66. The zero-order valence-corrected chi connectivity index (χ0v) is 18.9. The van der Waals surface area contributed by atoms with E-state index < -0.39 is 11.9 Å². The predicted octanol–water partition coefficient (Wildman–Crippen LogP) is 4.09. The van der Waals surface area contributed by atoms with Crippen LogP contribution >= 0.6 is 12.2 Å². The Balaban J connectivity index is 1.56. The molecule has 33 heavy (non-hydrogen) atoms. The molecule has 7 nitrogen and oxygen atoms in total. The van der Waals surface area contributed by atoms with E-state index in [4.69, 9.17) is 12.2 Å². The molecule has 0 heterocycles. The van der Waals surface area contributed by atoms with Crippen molar-refractivity contribution in [3.63, 3.8) is 0 Å². The highest BCUT2D eigenvalue weighted by Crippen LogP contribution is 2.14. The van der Waals surface area contributed by atoms with Crippen molar-refractivity contribution in [3.8, 4) is 0 Å². The molecule has 3 aromatic carbocycles. The fourth-order valence-electron chi connectivity index (χ4n) is 3.05. The smallest absolute Gasteiger partial charge is 0.337 e. The maximum Gasteiger partial charge on any atom is 0.337 e. The van der Waals surface area contributed by atoms with Gasteiger partial charge in [0.05, 0.1) is 18.7 Å². The molecule has 0 aromatic heterocycles. The highest BCUT2D eigenvalue weighted by Gasteiger charge is 2.13. The van der Waals surface area contributed by atoms with E-state index in [2.05, 4.69) is 20.7 Å². The van der Waals surface area contributed by atoms with E-state index in [0.29, 0.717) is 11.3 Å². The number of nitrogens with one attached hydrogen (secondary N) is 3. The lowest BCUT2D eigenvalue weighted by Crippen LogP contribution is -2.34. The summed E-state index contributed by atoms with van der Waals surface area (Å²) in [5.74, 6) is -1.20. The molecule has 1 atom stereocenters. The third kappa shape index (κ3) is 6.47. The van der Waals surface area contributed by atoms with Gasteiger partial charge < -0.3 is 15.4 Å². The first-order valence-electron chi connectivity index (χ1n) is 10.1. The first kappa shape index (κ1) is 23.6. The Kier molecular flexibility index (Phi) is 7.88. The fourth-order valence-corrected chi connectivity index (χ4v) is 3.26. The number of ether oxygens (including phenoxy) is 1. The van der Waals surface area contributed by atoms with Crippen LogP contribution in [-0.2, 0) is 4.74 Å². The van der Waals surface area contributed by atoms with Crippen molar-refractivity contribution >= 4 is 40.8 Å². The first-order valence-corrected chi connectivity index (χ1v) is 10.5. The number of hydrogen-bond acceptors (Lipinski definition) is 5. The molecular formula is C25H23N3O4S. The molecule has 3 aromatic rings. The number of carbonyl (C=O) groups excluding carboxylic acids is 3. The monoisotopic (exact) mass is 461 g/mol. The molecule has 3 rings (SSSR count). The third-order valence-electron chi connectivity index (χ3n) is 4.83. The summed E-state index contributed by atoms with van der Waals surface area (Å²) in [4.78, 5) is 36.6. The van der Waals surface area contributed by atoms with Crippen LogP contribution in [-0.4, -0.2) is 30.0 Å². The van der Waals surface area contributed by atoms with Crippen LogP contribution in [0.4, 0.5) is 5.69 Å². The van der Waals surface area contributed by atoms with Crippen LogP contribution in [0.2, 0.25) is 0 Å². The number of esters is 1. The Hall–Kier alpha value is -4.04. The quantitative estimate of drug-likeness (QED) is 0.378. The van der Waals surface area contributed by atoms with Crippen molar-refractivity contribution in [2.24, 2.45) is 0 Å². The molecule has 0 aliphatic rings. The second-order valence-electron chi connectivity index (χ2n) is 7.16. The summed E-state index contributed by atoms with van der Waals surface area (Å²) in [6, 6.07) is 22.4. The van der Waals surface area contributed by atoms with Crippen LogP contribution in [0.3, 0.4) is 0 Å². The number of rotatable bonds is 6. The average Bonchev–Trinajstić information content (AvgIpc) is 2.84. The highest BCUT2D eigenvalue weighted by molar-refractivity contribution is 7.80. The van der Waals surface area contributed by atoms with Crippen molar-refractivity contribution in [3.05, 3.63) is 101 Å². The normalized spacial score (nSPS) is 11.1. The summed E-state index contributed by atoms with van der Waals surface area (Å²) in [6.45, 7) is 1.92. The molecule has 8 heteroatoms. The van der Waals surface area contributed by atoms with Gasteiger partial charge >= 0.3 is 5.97 Å². The number of hydrogen-bond donors (Lipinski definition) is 3. The molecule has 0 fully saturated rings. The summed E-state index contributed by atoms with van der Waals surface area (Å²) in [6.07, 6.45) is 0. The summed E-state index contributed by atoms with van der Waals surface area (Å²) in [5.41, 5.74) is 2.65. The Morgan fingerprint density at radius 1 is 0.818 bits per heavy atom. The Morgan fingerprint density at radius 2 is 1.48 bits per heavy atom. The van der Waals surface area contributed by atoms with Gasteiger partial charge in [-0.2, -0.15) is 0 Å². The van der Waals surface area contributed by atoms with E-state index in [1.54, 1.807) is 42.5 Å². The highest BCUT2D eigenvalue weighted by atomic mass is 32.1. The Bertz CT molecular complexity index is 1160. The molecule has 0 spiro atoms. The Labute approximate surface area is 197 Å². The lowest BCUT2D eigenvalue weighted by Gasteiger charge is -2.15. The van der Waals surface area contributed by atoms with E-state index in [1.807, 2.05) is 37.3 Å². The van der Waals surface area contributed by atoms with E-state index in [1.165, 1.54) is 13.2 Å². The minimum absolute atomic E-state index is 0.0818. The van der Waals surface area contributed by atoms with Crippen LogP contribution in [0, 0.1) is 0 Å². The number of amides is 2. The van der Waals surface area contributed by atoms with Crippen molar-refractivity contribution in [2.45, 2.75) is 13.0 Å². The van der Waals surface area contributed by atoms with Crippen molar-refractivity contribution < 1.29 is 19.1 Å². The zero-order chi connectivity index (χ0) is 23.8. The second-order valence-corrected chi connectivity index (χ2v) is 7.57. The van der Waals surface area contributed by atoms with Crippen LogP contribution < -0.4 is 16.0 Å². The van der Waals surface area contributed by atoms with Gasteiger partial charge in [0.1, 0.15) is 0 Å². The van der Waals surface area contributed by atoms with Gasteiger partial charge in [-0.25, -0.2) is 4.79 Å². The van der Waals surface area contributed by atoms with Crippen LogP contribution in [0.5, 0.6) is 0 Å². The molecule has 1 unspecified atom stereocenters. The van der Waals surface area contributed by atoms with E-state index in [-0.39, 0.29) is 28.2 Å². The summed E-state index contributed by atoms with van der Waals surface area (Å²) in [5, 5.41) is 8.50. The van der Waals surface area contributed by atoms with Gasteiger partial charge in [0.25, 0.3) is 11.8 Å². The summed E-state index contributed by atoms with van der Waals surface area (Å²) in [7, 11) is 1.27. The number of carbonyl (C=O) groups is 3. The molecule has 2 amide bonds. The number of methoxy groups -OCH3 is 1. The van der Waals surface area contributed by atoms with Crippen molar-refractivity contribution in [1.82, 2.24) is 10.6 Å². The molecule has 3 N–H and O–H groups in total. The van der Waals surface area contributed by atoms with Crippen LogP contribution in [0.15, 0.2) is 78.9 Å². The number of benzene rings is 3. The predicted molar refractivity (Wildman–Crippen MR) is 130 cm³/mol. The van der Waals surface area contributed by atoms with Gasteiger partial charge in [-0.15, -0.1) is 0 Å². The second kappa shape index (κ2) is 11.0. The minimum Gasteiger partial charge on any atom is -0.465 e. The van der Waals surface area contributed by atoms with E-state index >= 15 is 0 Å². The van der Waals surface area contributed by atoms with E-state index in [9.17, 15) is 14.4 Å². The molecule has 0 saturated heterocycles. The minimum atomic E-state index is -0.535. The lowest BCUT2D eigenvalue weighted by atomic mass is 10.1. The first-order chi connectivity index (χ1) is 15.9. The largest absolute Gasteiger partial charge is 0.465 e. The molecule has 0 aliphatic carbocycles. The average molecular weight is 462 g/mol. The standard InChI is InChI=1S/C25H23N3O4S/c1-16(17-7-4-3-5-8-17)26-22(29)18-11-13-21(14-12-18)27-25(33)28-23(30)19-9-6-10-20(15-19)24(31)32-2/h3-16H,1-2H3,(H,26,29)(H2,27,28,30,33). The van der Waals surface area contributed by atoms with Crippen molar-refractivity contribution in [1.29, 1.82) is 0 Å². The van der Waals surface area contributed by atoms with Gasteiger partial charge in [-0.1, -0.05) is 36.4 Å². The maximum atomic E-state index is 12.5. The lowest BCUT2D eigenvalue weighted by molar-refractivity contribution is 0.0600. The number of anilines is 1. The van der Waals surface area contributed by atoms with Crippen LogP contribution in [0.1, 0.15) is 49.6 Å². The summed E-state index contributed by atoms with van der Waals surface area (Å²) >= 11 is 5.20. The number of thiocarbonyl (C=S) groups is 1. The maximum absolute atomic E-state index is 12.5. The topological polar surface area (TPSA) is 96.5 Å². The Morgan fingerprint density at radius 3 is 2.15 bits per heavy atom. The molecule has 0 aliphatic heterocycles. The fraction of sp³-hybridized carbons (Fsp3) is 0.120. The third-order valence-corrected chi connectivity index (χ3v) is 5.03. The molecule has 0 saturated carbocycles. The zero-order valence-electron chi connectivity index (χ0n) is 18.1. The van der Waals surface area contributed by atoms with Gasteiger partial charge in [0.2, 0.25) is 0 Å². The van der Waals surface area contributed by atoms with Gasteiger partial charge in [0, 0.05) is 16.8 Å².